The highest BCUT2D eigenvalue weighted by atomic mass is 19.1. The lowest BCUT2D eigenvalue weighted by atomic mass is 9.88. The molecule has 9 heteroatoms. The van der Waals surface area contributed by atoms with Gasteiger partial charge in [0.05, 0.1) is 18.9 Å². The van der Waals surface area contributed by atoms with Crippen molar-refractivity contribution >= 4 is 23.4 Å². The van der Waals surface area contributed by atoms with E-state index in [1.165, 1.54) is 29.9 Å². The zero-order chi connectivity index (χ0) is 24.2. The Bertz CT molecular complexity index is 1040. The average Bonchev–Trinajstić information content (AvgIpc) is 3.47. The topological polar surface area (TPSA) is 88.2 Å². The van der Waals surface area contributed by atoms with Crippen molar-refractivity contribution < 1.29 is 28.2 Å². The first-order valence-corrected chi connectivity index (χ1v) is 12.9. The molecule has 4 fully saturated rings. The Morgan fingerprint density at radius 2 is 1.80 bits per heavy atom. The van der Waals surface area contributed by atoms with E-state index >= 15 is 4.39 Å². The average molecular weight is 486 g/mol. The van der Waals surface area contributed by atoms with E-state index in [2.05, 4.69) is 10.2 Å². The first-order valence-electron chi connectivity index (χ1n) is 12.9. The highest BCUT2D eigenvalue weighted by Crippen LogP contribution is 2.43. The van der Waals surface area contributed by atoms with Crippen LogP contribution in [0.2, 0.25) is 0 Å². The van der Waals surface area contributed by atoms with E-state index in [9.17, 15) is 14.4 Å². The fourth-order valence-electron chi connectivity index (χ4n) is 6.25. The normalized spacial score (nSPS) is 26.4. The zero-order valence-electron chi connectivity index (χ0n) is 19.9. The molecule has 8 nitrogen and oxygen atoms in total. The predicted molar refractivity (Wildman–Crippen MR) is 124 cm³/mol. The SMILES string of the molecule is O=C1CCC(N2Cc3c(ccc(F)c3N(CCC3CC3)C3CCC4(CC3)OCCO4)C2=O)C(=O)N1. The highest BCUT2D eigenvalue weighted by molar-refractivity contribution is 6.06. The molecule has 2 aliphatic carbocycles. The molecule has 3 amide bonds. The van der Waals surface area contributed by atoms with Gasteiger partial charge < -0.3 is 19.3 Å². The van der Waals surface area contributed by atoms with Gasteiger partial charge in [-0.2, -0.15) is 0 Å². The van der Waals surface area contributed by atoms with Crippen LogP contribution in [-0.2, 0) is 25.6 Å². The number of anilines is 1. The Kier molecular flexibility index (Phi) is 5.79. The van der Waals surface area contributed by atoms with Crippen molar-refractivity contribution in [3.63, 3.8) is 0 Å². The van der Waals surface area contributed by atoms with E-state index in [1.807, 2.05) is 0 Å². The van der Waals surface area contributed by atoms with Gasteiger partial charge in [0.25, 0.3) is 5.91 Å². The van der Waals surface area contributed by atoms with Crippen LogP contribution in [0, 0.1) is 11.7 Å². The molecule has 3 aliphatic heterocycles. The summed E-state index contributed by atoms with van der Waals surface area (Å²) >= 11 is 0. The maximum atomic E-state index is 15.6. The van der Waals surface area contributed by atoms with Gasteiger partial charge in [0.2, 0.25) is 11.8 Å². The van der Waals surface area contributed by atoms with Crippen molar-refractivity contribution in [2.75, 3.05) is 24.7 Å². The fourth-order valence-corrected chi connectivity index (χ4v) is 6.25. The lowest BCUT2D eigenvalue weighted by Gasteiger charge is -2.42. The summed E-state index contributed by atoms with van der Waals surface area (Å²) in [5.41, 5.74) is 1.61. The lowest BCUT2D eigenvalue weighted by Crippen LogP contribution is -2.52. The molecule has 6 rings (SSSR count). The predicted octanol–water partition coefficient (Wildman–Crippen LogP) is 2.88. The third kappa shape index (κ3) is 4.22. The molecule has 0 radical (unpaired) electrons. The largest absolute Gasteiger partial charge is 0.366 e. The number of halogens is 1. The van der Waals surface area contributed by atoms with Crippen LogP contribution >= 0.6 is 0 Å². The van der Waals surface area contributed by atoms with Crippen LogP contribution in [0.15, 0.2) is 12.1 Å². The zero-order valence-corrected chi connectivity index (χ0v) is 19.9. The van der Waals surface area contributed by atoms with Crippen molar-refractivity contribution in [1.29, 1.82) is 0 Å². The summed E-state index contributed by atoms with van der Waals surface area (Å²) in [6, 6.07) is 2.34. The third-order valence-electron chi connectivity index (χ3n) is 8.37. The van der Waals surface area contributed by atoms with Crippen LogP contribution < -0.4 is 10.2 Å². The number of fused-ring (bicyclic) bond motifs is 1. The van der Waals surface area contributed by atoms with Crippen molar-refractivity contribution in [2.45, 2.75) is 82.2 Å². The van der Waals surface area contributed by atoms with Gasteiger partial charge in [0.15, 0.2) is 5.79 Å². The summed E-state index contributed by atoms with van der Waals surface area (Å²) < 4.78 is 27.4. The Labute approximate surface area is 204 Å². The van der Waals surface area contributed by atoms with Crippen LogP contribution in [0.1, 0.15) is 73.7 Å². The van der Waals surface area contributed by atoms with Crippen LogP contribution in [0.4, 0.5) is 10.1 Å². The number of imide groups is 1. The number of nitrogens with one attached hydrogen (secondary N) is 1. The molecule has 35 heavy (non-hydrogen) atoms. The first kappa shape index (κ1) is 22.9. The quantitative estimate of drug-likeness (QED) is 0.624. The molecule has 1 N–H and O–H groups in total. The van der Waals surface area contributed by atoms with Crippen LogP contribution in [-0.4, -0.2) is 60.3 Å². The number of hydrogen-bond acceptors (Lipinski definition) is 6. The number of rotatable bonds is 6. The summed E-state index contributed by atoms with van der Waals surface area (Å²) in [6.07, 6.45) is 7.14. The van der Waals surface area contributed by atoms with E-state index in [1.54, 1.807) is 0 Å². The van der Waals surface area contributed by atoms with Gasteiger partial charge in [-0.3, -0.25) is 19.7 Å². The van der Waals surface area contributed by atoms with E-state index in [0.29, 0.717) is 35.9 Å². The van der Waals surface area contributed by atoms with Crippen molar-refractivity contribution in [3.8, 4) is 0 Å². The molecule has 2 saturated carbocycles. The van der Waals surface area contributed by atoms with Crippen molar-refractivity contribution in [3.05, 3.63) is 29.1 Å². The first-order chi connectivity index (χ1) is 16.9. The Balaban J connectivity index is 1.29. The van der Waals surface area contributed by atoms with Gasteiger partial charge in [0, 0.05) is 49.5 Å². The number of carbonyl (C=O) groups is 3. The molecular formula is C26H32FN3O5. The molecule has 0 aromatic heterocycles. The molecule has 1 aromatic carbocycles. The minimum absolute atomic E-state index is 0.132. The van der Waals surface area contributed by atoms with Crippen LogP contribution in [0.3, 0.4) is 0 Å². The van der Waals surface area contributed by atoms with Crippen LogP contribution in [0.25, 0.3) is 0 Å². The van der Waals surface area contributed by atoms with Crippen molar-refractivity contribution in [2.24, 2.45) is 5.92 Å². The number of nitrogens with zero attached hydrogens (tertiary/aromatic N) is 2. The van der Waals surface area contributed by atoms with Gasteiger partial charge in [0.1, 0.15) is 11.9 Å². The molecule has 1 unspecified atom stereocenters. The minimum atomic E-state index is -0.713. The van der Waals surface area contributed by atoms with Gasteiger partial charge >= 0.3 is 0 Å². The van der Waals surface area contributed by atoms with E-state index < -0.39 is 17.7 Å². The summed E-state index contributed by atoms with van der Waals surface area (Å²) in [4.78, 5) is 41.1. The monoisotopic (exact) mass is 485 g/mol. The van der Waals surface area contributed by atoms with Gasteiger partial charge in [-0.15, -0.1) is 0 Å². The molecule has 188 valence electrons. The lowest BCUT2D eigenvalue weighted by molar-refractivity contribution is -0.178. The van der Waals surface area contributed by atoms with Crippen molar-refractivity contribution in [1.82, 2.24) is 10.2 Å². The van der Waals surface area contributed by atoms with E-state index in [-0.39, 0.29) is 43.1 Å². The van der Waals surface area contributed by atoms with Gasteiger partial charge in [-0.25, -0.2) is 4.39 Å². The maximum absolute atomic E-state index is 15.6. The Morgan fingerprint density at radius 1 is 1.06 bits per heavy atom. The second-order valence-corrected chi connectivity index (χ2v) is 10.6. The molecule has 1 spiro atoms. The van der Waals surface area contributed by atoms with E-state index in [0.717, 1.165) is 38.6 Å². The second kappa shape index (κ2) is 8.85. The Morgan fingerprint density at radius 3 is 2.49 bits per heavy atom. The molecule has 1 aromatic rings. The highest BCUT2D eigenvalue weighted by Gasteiger charge is 2.44. The molecule has 1 atom stereocenters. The number of ether oxygens (including phenoxy) is 2. The smallest absolute Gasteiger partial charge is 0.255 e. The van der Waals surface area contributed by atoms with E-state index in [4.69, 9.17) is 9.47 Å². The molecular weight excluding hydrogens is 453 g/mol. The third-order valence-corrected chi connectivity index (χ3v) is 8.37. The minimum Gasteiger partial charge on any atom is -0.366 e. The maximum Gasteiger partial charge on any atom is 0.255 e. The number of carbonyl (C=O) groups excluding carboxylic acids is 3. The number of amides is 3. The fraction of sp³-hybridized carbons (Fsp3) is 0.654. The number of benzene rings is 1. The molecule has 5 aliphatic rings. The second-order valence-electron chi connectivity index (χ2n) is 10.6. The standard InChI is InChI=1S/C26H32FN3O5/c27-20-4-3-18-19(15-30(25(18)33)21-5-6-22(31)28-24(21)32)23(20)29(12-9-16-1-2-16)17-7-10-26(11-8-17)34-13-14-35-26/h3-4,16-17,21H,1-2,5-15H2,(H,28,31,32). The summed E-state index contributed by atoms with van der Waals surface area (Å²) in [5, 5.41) is 2.34. The molecule has 2 saturated heterocycles. The van der Waals surface area contributed by atoms with Gasteiger partial charge in [-0.1, -0.05) is 12.8 Å². The number of piperidine rings is 1. The summed E-state index contributed by atoms with van der Waals surface area (Å²) in [7, 11) is 0. The number of hydrogen-bond donors (Lipinski definition) is 1. The molecule has 0 bridgehead atoms. The van der Waals surface area contributed by atoms with Crippen LogP contribution in [0.5, 0.6) is 0 Å². The summed E-state index contributed by atoms with van der Waals surface area (Å²) in [5.74, 6) is -1.17. The molecule has 3 heterocycles. The van der Waals surface area contributed by atoms with Gasteiger partial charge in [-0.05, 0) is 43.7 Å². The summed E-state index contributed by atoms with van der Waals surface area (Å²) in [6.45, 7) is 2.16. The Hall–Kier alpha value is -2.52.